The summed E-state index contributed by atoms with van der Waals surface area (Å²) in [6.07, 6.45) is 3.00. The molecule has 1 aliphatic rings. The first-order chi connectivity index (χ1) is 11.7. The Morgan fingerprint density at radius 2 is 1.92 bits per heavy atom. The van der Waals surface area contributed by atoms with Gasteiger partial charge in [-0.3, -0.25) is 4.90 Å². The lowest BCUT2D eigenvalue weighted by molar-refractivity contribution is 0.163. The number of benzene rings is 1. The van der Waals surface area contributed by atoms with Crippen LogP contribution in [0.4, 0.5) is 11.8 Å². The lowest BCUT2D eigenvalue weighted by Crippen LogP contribution is -2.52. The summed E-state index contributed by atoms with van der Waals surface area (Å²) in [4.78, 5) is 16.0. The van der Waals surface area contributed by atoms with Gasteiger partial charge in [0.25, 0.3) is 0 Å². The molecule has 1 atom stereocenters. The van der Waals surface area contributed by atoms with E-state index in [0.29, 0.717) is 6.04 Å². The first kappa shape index (κ1) is 16.7. The highest BCUT2D eigenvalue weighted by atomic mass is 15.3. The van der Waals surface area contributed by atoms with Crippen molar-refractivity contribution in [1.29, 1.82) is 0 Å². The predicted molar refractivity (Wildman–Crippen MR) is 99.5 cm³/mol. The van der Waals surface area contributed by atoms with E-state index in [0.717, 1.165) is 44.4 Å². The number of nitrogens with zero attached hydrogens (tertiary/aromatic N) is 5. The van der Waals surface area contributed by atoms with Crippen LogP contribution in [0, 0.1) is 0 Å². The van der Waals surface area contributed by atoms with Gasteiger partial charge in [-0.05, 0) is 18.1 Å². The zero-order valence-corrected chi connectivity index (χ0v) is 14.9. The molecule has 5 nitrogen and oxygen atoms in total. The number of hydrogen-bond donors (Lipinski definition) is 0. The van der Waals surface area contributed by atoms with Gasteiger partial charge in [-0.2, -0.15) is 4.98 Å². The highest BCUT2D eigenvalue weighted by Gasteiger charge is 2.26. The first-order valence-electron chi connectivity index (χ1n) is 8.70. The SMILES string of the molecule is CCC1CN(c2ccnc(N(C)C)n2)CCN1Cc1ccccc1. The van der Waals surface area contributed by atoms with Gasteiger partial charge in [-0.15, -0.1) is 0 Å². The molecule has 1 saturated heterocycles. The zero-order valence-electron chi connectivity index (χ0n) is 14.9. The van der Waals surface area contributed by atoms with Gasteiger partial charge in [0.2, 0.25) is 5.95 Å². The van der Waals surface area contributed by atoms with Crippen molar-refractivity contribution in [2.75, 3.05) is 43.5 Å². The summed E-state index contributed by atoms with van der Waals surface area (Å²) in [6, 6.07) is 13.3. The second-order valence-electron chi connectivity index (χ2n) is 6.57. The molecule has 1 fully saturated rings. The Bertz CT molecular complexity index is 643. The third-order valence-electron chi connectivity index (χ3n) is 4.66. The minimum atomic E-state index is 0.553. The summed E-state index contributed by atoms with van der Waals surface area (Å²) in [5.41, 5.74) is 1.39. The minimum absolute atomic E-state index is 0.553. The summed E-state index contributed by atoms with van der Waals surface area (Å²) in [5.74, 6) is 1.80. The van der Waals surface area contributed by atoms with Crippen molar-refractivity contribution in [2.24, 2.45) is 0 Å². The fraction of sp³-hybridized carbons (Fsp3) is 0.474. The Morgan fingerprint density at radius 1 is 1.12 bits per heavy atom. The molecule has 0 saturated carbocycles. The molecule has 0 bridgehead atoms. The number of piperazine rings is 1. The summed E-state index contributed by atoms with van der Waals surface area (Å²) in [6.45, 7) is 6.40. The molecule has 128 valence electrons. The number of anilines is 2. The Morgan fingerprint density at radius 3 is 2.62 bits per heavy atom. The van der Waals surface area contributed by atoms with Gasteiger partial charge in [0.05, 0.1) is 0 Å². The van der Waals surface area contributed by atoms with Crippen LogP contribution in [0.15, 0.2) is 42.6 Å². The highest BCUT2D eigenvalue weighted by Crippen LogP contribution is 2.21. The summed E-state index contributed by atoms with van der Waals surface area (Å²) < 4.78 is 0. The summed E-state index contributed by atoms with van der Waals surface area (Å²) in [5, 5.41) is 0. The summed E-state index contributed by atoms with van der Waals surface area (Å²) >= 11 is 0. The molecule has 24 heavy (non-hydrogen) atoms. The Hall–Kier alpha value is -2.14. The van der Waals surface area contributed by atoms with E-state index < -0.39 is 0 Å². The van der Waals surface area contributed by atoms with Crippen LogP contribution in [0.1, 0.15) is 18.9 Å². The third kappa shape index (κ3) is 3.85. The average molecular weight is 325 g/mol. The highest BCUT2D eigenvalue weighted by molar-refractivity contribution is 5.43. The van der Waals surface area contributed by atoms with Gasteiger partial charge in [0.1, 0.15) is 5.82 Å². The Kier molecular flexibility index (Phi) is 5.30. The van der Waals surface area contributed by atoms with E-state index >= 15 is 0 Å². The van der Waals surface area contributed by atoms with Crippen molar-refractivity contribution < 1.29 is 0 Å². The second-order valence-corrected chi connectivity index (χ2v) is 6.57. The Balaban J connectivity index is 1.69. The lowest BCUT2D eigenvalue weighted by Gasteiger charge is -2.41. The summed E-state index contributed by atoms with van der Waals surface area (Å²) in [7, 11) is 3.96. The van der Waals surface area contributed by atoms with Crippen molar-refractivity contribution in [3.8, 4) is 0 Å². The van der Waals surface area contributed by atoms with E-state index in [1.807, 2.05) is 31.3 Å². The second kappa shape index (κ2) is 7.62. The molecule has 1 aromatic heterocycles. The van der Waals surface area contributed by atoms with Gasteiger partial charge in [-0.1, -0.05) is 37.3 Å². The fourth-order valence-corrected chi connectivity index (χ4v) is 3.25. The van der Waals surface area contributed by atoms with Crippen molar-refractivity contribution in [2.45, 2.75) is 25.9 Å². The van der Waals surface area contributed by atoms with Crippen LogP contribution in [0.25, 0.3) is 0 Å². The molecule has 0 N–H and O–H groups in total. The molecule has 2 aromatic rings. The van der Waals surface area contributed by atoms with Gasteiger partial charge in [0.15, 0.2) is 0 Å². The topological polar surface area (TPSA) is 35.5 Å². The predicted octanol–water partition coefficient (Wildman–Crippen LogP) is 2.64. The van der Waals surface area contributed by atoms with Gasteiger partial charge in [0, 0.05) is 52.5 Å². The quantitative estimate of drug-likeness (QED) is 0.844. The molecule has 3 rings (SSSR count). The number of hydrogen-bond acceptors (Lipinski definition) is 5. The molecular formula is C19H27N5. The Labute approximate surface area is 144 Å². The standard InChI is InChI=1S/C19H27N5/c1-4-17-15-24(18-10-11-20-19(21-18)22(2)3)13-12-23(17)14-16-8-6-5-7-9-16/h5-11,17H,4,12-15H2,1-3H3. The minimum Gasteiger partial charge on any atom is -0.354 e. The number of rotatable bonds is 5. The zero-order chi connectivity index (χ0) is 16.9. The fourth-order valence-electron chi connectivity index (χ4n) is 3.25. The molecule has 1 unspecified atom stereocenters. The van der Waals surface area contributed by atoms with Crippen molar-refractivity contribution >= 4 is 11.8 Å². The van der Waals surface area contributed by atoms with E-state index in [9.17, 15) is 0 Å². The van der Waals surface area contributed by atoms with E-state index in [1.54, 1.807) is 0 Å². The molecule has 1 aliphatic heterocycles. The van der Waals surface area contributed by atoms with E-state index in [-0.39, 0.29) is 0 Å². The van der Waals surface area contributed by atoms with Gasteiger partial charge in [-0.25, -0.2) is 4.98 Å². The largest absolute Gasteiger partial charge is 0.354 e. The van der Waals surface area contributed by atoms with Crippen LogP contribution in [0.3, 0.4) is 0 Å². The molecule has 2 heterocycles. The third-order valence-corrected chi connectivity index (χ3v) is 4.66. The smallest absolute Gasteiger partial charge is 0.226 e. The van der Waals surface area contributed by atoms with Crippen LogP contribution >= 0.6 is 0 Å². The maximum atomic E-state index is 4.70. The van der Waals surface area contributed by atoms with E-state index in [2.05, 4.69) is 52.0 Å². The molecule has 0 amide bonds. The van der Waals surface area contributed by atoms with Crippen LogP contribution in [0.5, 0.6) is 0 Å². The van der Waals surface area contributed by atoms with Crippen LogP contribution in [-0.2, 0) is 6.54 Å². The monoisotopic (exact) mass is 325 g/mol. The van der Waals surface area contributed by atoms with Crippen LogP contribution < -0.4 is 9.80 Å². The maximum absolute atomic E-state index is 4.70. The van der Waals surface area contributed by atoms with Crippen LogP contribution in [0.2, 0.25) is 0 Å². The van der Waals surface area contributed by atoms with Crippen LogP contribution in [-0.4, -0.2) is 54.6 Å². The van der Waals surface area contributed by atoms with Crippen molar-refractivity contribution in [3.63, 3.8) is 0 Å². The maximum Gasteiger partial charge on any atom is 0.226 e. The molecular weight excluding hydrogens is 298 g/mol. The van der Waals surface area contributed by atoms with Crippen molar-refractivity contribution in [1.82, 2.24) is 14.9 Å². The molecule has 0 radical (unpaired) electrons. The normalized spacial score (nSPS) is 18.6. The van der Waals surface area contributed by atoms with Gasteiger partial charge >= 0.3 is 0 Å². The van der Waals surface area contributed by atoms with E-state index in [4.69, 9.17) is 4.98 Å². The average Bonchev–Trinajstić information content (AvgIpc) is 2.63. The number of aromatic nitrogens is 2. The van der Waals surface area contributed by atoms with Gasteiger partial charge < -0.3 is 9.80 Å². The lowest BCUT2D eigenvalue weighted by atomic mass is 10.1. The molecule has 1 aromatic carbocycles. The molecule has 0 spiro atoms. The van der Waals surface area contributed by atoms with Crippen molar-refractivity contribution in [3.05, 3.63) is 48.2 Å². The van der Waals surface area contributed by atoms with E-state index in [1.165, 1.54) is 5.56 Å². The molecule has 5 heteroatoms. The first-order valence-corrected chi connectivity index (χ1v) is 8.70. The molecule has 0 aliphatic carbocycles.